The molecule has 244 valence electrons. The highest BCUT2D eigenvalue weighted by atomic mass is 35.5. The number of anilines is 2. The van der Waals surface area contributed by atoms with E-state index < -0.39 is 45.2 Å². The van der Waals surface area contributed by atoms with Crippen LogP contribution in [-0.4, -0.2) is 22.9 Å². The molecule has 0 aromatic heterocycles. The largest absolute Gasteiger partial charge is 0.367 e. The Balaban J connectivity index is 1.35. The van der Waals surface area contributed by atoms with Crippen LogP contribution in [0.15, 0.2) is 66.7 Å². The average molecular weight is 689 g/mol. The molecular weight excluding hydrogens is 663 g/mol. The maximum atomic E-state index is 16.0. The topological polar surface area (TPSA) is 92.8 Å². The summed E-state index contributed by atoms with van der Waals surface area (Å²) in [6.07, 6.45) is 1.65. The number of nitro groups is 2. The summed E-state index contributed by atoms with van der Waals surface area (Å²) in [5, 5.41) is 23.2. The Bertz CT molecular complexity index is 1780. The maximum absolute atomic E-state index is 16.0. The molecule has 0 aliphatic carbocycles. The molecule has 6 rings (SSSR count). The number of hydrogen-bond acceptors (Lipinski definition) is 6. The van der Waals surface area contributed by atoms with E-state index in [9.17, 15) is 29.0 Å². The highest BCUT2D eigenvalue weighted by molar-refractivity contribution is 6.33. The average Bonchev–Trinajstić information content (AvgIpc) is 3.46. The Hall–Kier alpha value is -4.42. The number of piperidine rings is 1. The molecule has 2 atom stereocenters. The van der Waals surface area contributed by atoms with Crippen molar-refractivity contribution in [1.29, 1.82) is 0 Å². The summed E-state index contributed by atoms with van der Waals surface area (Å²) in [4.78, 5) is 25.4. The first-order chi connectivity index (χ1) is 22.4. The van der Waals surface area contributed by atoms with E-state index in [4.69, 9.17) is 23.2 Å². The van der Waals surface area contributed by atoms with Gasteiger partial charge < -0.3 is 9.80 Å². The SMILES string of the molecule is O=[N+]([O-])c1cc([C@H]2CC[C@H](c3ccc(Cl)c([N+](=O)[O-])c3)N2c2cc(F)c(N3CCC(c4cc(F)cc(F)c4)CC3)c(F)c2)ccc1Cl. The maximum Gasteiger partial charge on any atom is 0.288 e. The van der Waals surface area contributed by atoms with Gasteiger partial charge in [0.05, 0.1) is 21.9 Å². The van der Waals surface area contributed by atoms with E-state index in [0.717, 1.165) is 6.07 Å². The quantitative estimate of drug-likeness (QED) is 0.109. The molecule has 0 saturated carbocycles. The van der Waals surface area contributed by atoms with E-state index in [2.05, 4.69) is 0 Å². The van der Waals surface area contributed by atoms with Gasteiger partial charge in [-0.3, -0.25) is 20.2 Å². The number of nitro benzene ring substituents is 2. The lowest BCUT2D eigenvalue weighted by Gasteiger charge is -2.36. The summed E-state index contributed by atoms with van der Waals surface area (Å²) < 4.78 is 59.5. The minimum absolute atomic E-state index is 0.0686. The lowest BCUT2D eigenvalue weighted by atomic mass is 9.89. The predicted molar refractivity (Wildman–Crippen MR) is 170 cm³/mol. The van der Waals surface area contributed by atoms with Crippen LogP contribution in [0.25, 0.3) is 0 Å². The summed E-state index contributed by atoms with van der Waals surface area (Å²) in [6.45, 7) is 0.488. The smallest absolute Gasteiger partial charge is 0.288 e. The third-order valence-electron chi connectivity index (χ3n) is 8.96. The summed E-state index contributed by atoms with van der Waals surface area (Å²) in [6, 6.07) is 13.1. The van der Waals surface area contributed by atoms with E-state index in [-0.39, 0.29) is 51.8 Å². The molecule has 4 aromatic carbocycles. The molecule has 14 heteroatoms. The van der Waals surface area contributed by atoms with Gasteiger partial charge in [0.2, 0.25) is 0 Å². The first-order valence-corrected chi connectivity index (χ1v) is 15.5. The van der Waals surface area contributed by atoms with E-state index in [1.807, 2.05) is 0 Å². The van der Waals surface area contributed by atoms with Crippen molar-refractivity contribution in [3.8, 4) is 0 Å². The number of hydrogen-bond donors (Lipinski definition) is 0. The number of benzene rings is 4. The van der Waals surface area contributed by atoms with Crippen molar-refractivity contribution in [2.75, 3.05) is 22.9 Å². The zero-order chi connectivity index (χ0) is 33.6. The van der Waals surface area contributed by atoms with Crippen LogP contribution in [0.2, 0.25) is 10.0 Å². The molecule has 4 aromatic rings. The van der Waals surface area contributed by atoms with E-state index in [1.165, 1.54) is 48.5 Å². The molecule has 0 bridgehead atoms. The van der Waals surface area contributed by atoms with Crippen molar-refractivity contribution in [2.24, 2.45) is 0 Å². The standard InChI is InChI=1S/C33H26Cl2F4N4O4/c34-25-3-1-19(13-31(25)42(44)45)29-5-6-30(20-2-4-26(35)32(14-20)43(46)47)41(29)24-16-27(38)33(28(39)17-24)40-9-7-18(8-10-40)21-11-22(36)15-23(37)12-21/h1-4,11-18,29-30H,5-10H2/t29-,30-/m1/s1. The van der Waals surface area contributed by atoms with Crippen LogP contribution in [-0.2, 0) is 0 Å². The van der Waals surface area contributed by atoms with Crippen LogP contribution in [0.5, 0.6) is 0 Å². The van der Waals surface area contributed by atoms with Crippen LogP contribution in [0.3, 0.4) is 0 Å². The van der Waals surface area contributed by atoms with Gasteiger partial charge >= 0.3 is 0 Å². The summed E-state index contributed by atoms with van der Waals surface area (Å²) in [5.41, 5.74) is 0.694. The second-order valence-corrected chi connectivity index (χ2v) is 12.5. The molecule has 8 nitrogen and oxygen atoms in total. The zero-order valence-electron chi connectivity index (χ0n) is 24.5. The van der Waals surface area contributed by atoms with Gasteiger partial charge in [0.25, 0.3) is 11.4 Å². The van der Waals surface area contributed by atoms with Gasteiger partial charge in [-0.2, -0.15) is 0 Å². The summed E-state index contributed by atoms with van der Waals surface area (Å²) >= 11 is 12.1. The van der Waals surface area contributed by atoms with Crippen LogP contribution in [0.1, 0.15) is 60.4 Å². The first-order valence-electron chi connectivity index (χ1n) is 14.8. The highest BCUT2D eigenvalue weighted by Crippen LogP contribution is 2.49. The van der Waals surface area contributed by atoms with Gasteiger partial charge in [-0.1, -0.05) is 35.3 Å². The summed E-state index contributed by atoms with van der Waals surface area (Å²) in [7, 11) is 0. The Morgan fingerprint density at radius 1 is 0.638 bits per heavy atom. The number of halogens is 6. The van der Waals surface area contributed by atoms with Crippen molar-refractivity contribution < 1.29 is 27.4 Å². The monoisotopic (exact) mass is 688 g/mol. The third-order valence-corrected chi connectivity index (χ3v) is 9.59. The minimum Gasteiger partial charge on any atom is -0.367 e. The minimum atomic E-state index is -0.844. The predicted octanol–water partition coefficient (Wildman–Crippen LogP) is 9.83. The first kappa shape index (κ1) is 32.5. The van der Waals surface area contributed by atoms with Crippen LogP contribution in [0.4, 0.5) is 40.3 Å². The third kappa shape index (κ3) is 6.44. The Labute approximate surface area is 276 Å². The molecule has 47 heavy (non-hydrogen) atoms. The molecule has 0 amide bonds. The van der Waals surface area contributed by atoms with E-state index >= 15 is 8.78 Å². The lowest BCUT2D eigenvalue weighted by Crippen LogP contribution is -2.34. The Morgan fingerprint density at radius 2 is 1.11 bits per heavy atom. The van der Waals surface area contributed by atoms with Gasteiger partial charge in [-0.05, 0) is 84.7 Å². The fourth-order valence-electron chi connectivity index (χ4n) is 6.83. The molecule has 2 aliphatic heterocycles. The number of nitrogens with zero attached hydrogens (tertiary/aromatic N) is 4. The van der Waals surface area contributed by atoms with Crippen molar-refractivity contribution in [3.63, 3.8) is 0 Å². The molecule has 2 fully saturated rings. The van der Waals surface area contributed by atoms with Gasteiger partial charge in [-0.15, -0.1) is 0 Å². The lowest BCUT2D eigenvalue weighted by molar-refractivity contribution is -0.384. The molecule has 2 saturated heterocycles. The fraction of sp³-hybridized carbons (Fsp3) is 0.273. The summed E-state index contributed by atoms with van der Waals surface area (Å²) in [5.74, 6) is -3.24. The molecular formula is C33H26Cl2F4N4O4. The second kappa shape index (κ2) is 13.0. The molecule has 2 aliphatic rings. The van der Waals surface area contributed by atoms with Gasteiger partial charge in [0, 0.05) is 37.0 Å². The van der Waals surface area contributed by atoms with Crippen LogP contribution >= 0.6 is 23.2 Å². The fourth-order valence-corrected chi connectivity index (χ4v) is 7.20. The van der Waals surface area contributed by atoms with Crippen molar-refractivity contribution >= 4 is 46.0 Å². The molecule has 0 radical (unpaired) electrons. The Morgan fingerprint density at radius 3 is 1.55 bits per heavy atom. The molecule has 0 spiro atoms. The molecule has 0 N–H and O–H groups in total. The van der Waals surface area contributed by atoms with E-state index in [0.29, 0.717) is 42.4 Å². The van der Waals surface area contributed by atoms with Crippen LogP contribution in [0, 0.1) is 43.5 Å². The molecule has 0 unspecified atom stereocenters. The molecule has 2 heterocycles. The highest BCUT2D eigenvalue weighted by Gasteiger charge is 2.38. The van der Waals surface area contributed by atoms with Gasteiger partial charge in [0.15, 0.2) is 11.6 Å². The number of rotatable bonds is 7. The normalized spacial score (nSPS) is 18.5. The van der Waals surface area contributed by atoms with Crippen molar-refractivity contribution in [3.05, 3.63) is 137 Å². The second-order valence-electron chi connectivity index (χ2n) is 11.7. The van der Waals surface area contributed by atoms with Crippen molar-refractivity contribution in [2.45, 2.75) is 43.7 Å². The van der Waals surface area contributed by atoms with E-state index in [1.54, 1.807) is 21.9 Å². The zero-order valence-corrected chi connectivity index (χ0v) is 26.0. The van der Waals surface area contributed by atoms with Gasteiger partial charge in [-0.25, -0.2) is 17.6 Å². The van der Waals surface area contributed by atoms with Gasteiger partial charge in [0.1, 0.15) is 27.4 Å². The van der Waals surface area contributed by atoms with Crippen molar-refractivity contribution in [1.82, 2.24) is 0 Å². The van der Waals surface area contributed by atoms with Crippen LogP contribution < -0.4 is 9.80 Å². The Kier molecular flexibility index (Phi) is 8.99.